The van der Waals surface area contributed by atoms with Crippen molar-refractivity contribution in [2.45, 2.75) is 13.0 Å². The average Bonchev–Trinajstić information content (AvgIpc) is 3.08. The van der Waals surface area contributed by atoms with E-state index in [0.29, 0.717) is 28.3 Å². The van der Waals surface area contributed by atoms with Crippen molar-refractivity contribution >= 4 is 11.9 Å². The number of fused-ring (bicyclic) bond motifs is 1. The minimum atomic E-state index is -1.07. The van der Waals surface area contributed by atoms with Crippen LogP contribution in [0.4, 0.5) is 10.3 Å². The van der Waals surface area contributed by atoms with Crippen LogP contribution in [0.25, 0.3) is 11.1 Å². The molecule has 8 heteroatoms. The number of allylic oxidation sites excluding steroid dienone is 1. The molecule has 1 aliphatic heterocycles. The zero-order chi connectivity index (χ0) is 18.3. The number of aromatic nitrogens is 4. The number of carboxylic acids is 1. The van der Waals surface area contributed by atoms with Gasteiger partial charge in [-0.25, -0.2) is 9.18 Å². The monoisotopic (exact) mass is 351 g/mol. The highest BCUT2D eigenvalue weighted by Gasteiger charge is 2.35. The topological polar surface area (TPSA) is 92.9 Å². The number of nitrogens with zero attached hydrogens (tertiary/aromatic N) is 4. The first-order valence-corrected chi connectivity index (χ1v) is 7.90. The Labute approximate surface area is 147 Å². The maximum Gasteiger partial charge on any atom is 0.335 e. The molecule has 0 radical (unpaired) electrons. The fourth-order valence-electron chi connectivity index (χ4n) is 3.23. The summed E-state index contributed by atoms with van der Waals surface area (Å²) in [5.41, 5.74) is 2.63. The van der Waals surface area contributed by atoms with E-state index in [-0.39, 0.29) is 11.4 Å². The van der Waals surface area contributed by atoms with Gasteiger partial charge >= 0.3 is 5.97 Å². The number of carbonyl (C=O) groups is 1. The normalized spacial score (nSPS) is 16.2. The average molecular weight is 351 g/mol. The first-order chi connectivity index (χ1) is 12.6. The van der Waals surface area contributed by atoms with Crippen LogP contribution in [0.1, 0.15) is 18.5 Å². The first-order valence-electron chi connectivity index (χ1n) is 7.90. The van der Waals surface area contributed by atoms with Crippen molar-refractivity contribution in [1.29, 1.82) is 0 Å². The van der Waals surface area contributed by atoms with E-state index >= 15 is 0 Å². The molecule has 0 aliphatic carbocycles. The summed E-state index contributed by atoms with van der Waals surface area (Å²) in [6.45, 7) is 1.67. The Morgan fingerprint density at radius 3 is 2.81 bits per heavy atom. The lowest BCUT2D eigenvalue weighted by Gasteiger charge is -2.27. The van der Waals surface area contributed by atoms with Gasteiger partial charge in [0.1, 0.15) is 11.9 Å². The van der Waals surface area contributed by atoms with Gasteiger partial charge in [-0.1, -0.05) is 41.5 Å². The lowest BCUT2D eigenvalue weighted by atomic mass is 9.89. The molecule has 0 spiro atoms. The van der Waals surface area contributed by atoms with Crippen LogP contribution >= 0.6 is 0 Å². The van der Waals surface area contributed by atoms with E-state index < -0.39 is 12.0 Å². The van der Waals surface area contributed by atoms with Gasteiger partial charge in [-0.2, -0.15) is 4.68 Å². The molecule has 0 amide bonds. The summed E-state index contributed by atoms with van der Waals surface area (Å²) >= 11 is 0. The highest BCUT2D eigenvalue weighted by atomic mass is 19.1. The third-order valence-corrected chi connectivity index (χ3v) is 4.34. The number of hydrogen-bond donors (Lipinski definition) is 2. The smallest absolute Gasteiger partial charge is 0.335 e. The van der Waals surface area contributed by atoms with Gasteiger partial charge < -0.3 is 10.4 Å². The quantitative estimate of drug-likeness (QED) is 0.754. The van der Waals surface area contributed by atoms with Gasteiger partial charge in [-0.3, -0.25) is 0 Å². The van der Waals surface area contributed by atoms with Gasteiger partial charge in [-0.05, 0) is 46.2 Å². The number of carboxylic acid groups (broad SMARTS) is 1. The van der Waals surface area contributed by atoms with Crippen LogP contribution in [-0.4, -0.2) is 31.3 Å². The molecular weight excluding hydrogens is 337 g/mol. The molecular formula is C18H14FN5O2. The SMILES string of the molecule is CC1=C(C(=O)O)C(c2ccccc2-c2cccc(F)c2)n2nnnc2N1. The van der Waals surface area contributed by atoms with Crippen LogP contribution in [0.5, 0.6) is 0 Å². The van der Waals surface area contributed by atoms with E-state index in [4.69, 9.17) is 0 Å². The lowest BCUT2D eigenvalue weighted by Crippen LogP contribution is -2.29. The number of nitrogens with one attached hydrogen (secondary N) is 1. The molecule has 1 unspecified atom stereocenters. The van der Waals surface area contributed by atoms with E-state index in [1.807, 2.05) is 12.1 Å². The lowest BCUT2D eigenvalue weighted by molar-refractivity contribution is -0.133. The fourth-order valence-corrected chi connectivity index (χ4v) is 3.23. The Balaban J connectivity index is 1.97. The highest BCUT2D eigenvalue weighted by Crippen LogP contribution is 2.39. The van der Waals surface area contributed by atoms with Crippen molar-refractivity contribution in [1.82, 2.24) is 20.2 Å². The molecule has 1 aliphatic rings. The maximum atomic E-state index is 13.7. The molecule has 2 aromatic carbocycles. The Kier molecular flexibility index (Phi) is 3.72. The molecule has 7 nitrogen and oxygen atoms in total. The summed E-state index contributed by atoms with van der Waals surface area (Å²) in [5, 5.41) is 24.2. The van der Waals surface area contributed by atoms with Gasteiger partial charge in [0.2, 0.25) is 5.95 Å². The van der Waals surface area contributed by atoms with Crippen LogP contribution in [-0.2, 0) is 4.79 Å². The zero-order valence-electron chi connectivity index (χ0n) is 13.7. The van der Waals surface area contributed by atoms with Gasteiger partial charge in [0.15, 0.2) is 0 Å². The summed E-state index contributed by atoms with van der Waals surface area (Å²) in [6, 6.07) is 12.7. The van der Waals surface area contributed by atoms with Crippen LogP contribution in [0.2, 0.25) is 0 Å². The second-order valence-electron chi connectivity index (χ2n) is 5.92. The van der Waals surface area contributed by atoms with E-state index in [1.54, 1.807) is 31.2 Å². The van der Waals surface area contributed by atoms with Crippen molar-refractivity contribution in [3.8, 4) is 11.1 Å². The number of halogens is 1. The molecule has 130 valence electrons. The molecule has 1 atom stereocenters. The van der Waals surface area contributed by atoms with Crippen molar-refractivity contribution in [3.63, 3.8) is 0 Å². The number of rotatable bonds is 3. The first kappa shape index (κ1) is 15.9. The second kappa shape index (κ2) is 6.07. The minimum absolute atomic E-state index is 0.133. The molecule has 0 saturated carbocycles. The van der Waals surface area contributed by atoms with Gasteiger partial charge in [-0.15, -0.1) is 0 Å². The summed E-state index contributed by atoms with van der Waals surface area (Å²) in [7, 11) is 0. The van der Waals surface area contributed by atoms with Crippen LogP contribution in [0, 0.1) is 5.82 Å². The van der Waals surface area contributed by atoms with Gasteiger partial charge in [0.25, 0.3) is 0 Å². The number of benzene rings is 2. The predicted molar refractivity (Wildman–Crippen MR) is 91.8 cm³/mol. The van der Waals surface area contributed by atoms with E-state index in [2.05, 4.69) is 20.8 Å². The number of tetrazole rings is 1. The van der Waals surface area contributed by atoms with Crippen molar-refractivity contribution in [2.24, 2.45) is 0 Å². The van der Waals surface area contributed by atoms with E-state index in [0.717, 1.165) is 0 Å². The van der Waals surface area contributed by atoms with Crippen molar-refractivity contribution in [2.75, 3.05) is 5.32 Å². The molecule has 2 N–H and O–H groups in total. The third-order valence-electron chi connectivity index (χ3n) is 4.34. The minimum Gasteiger partial charge on any atom is -0.478 e. The summed E-state index contributed by atoms with van der Waals surface area (Å²) < 4.78 is 15.2. The zero-order valence-corrected chi connectivity index (χ0v) is 13.7. The Morgan fingerprint density at radius 1 is 1.23 bits per heavy atom. The predicted octanol–water partition coefficient (Wildman–Crippen LogP) is 2.85. The molecule has 0 fully saturated rings. The number of hydrogen-bond acceptors (Lipinski definition) is 5. The van der Waals surface area contributed by atoms with Crippen LogP contribution < -0.4 is 5.32 Å². The third kappa shape index (κ3) is 2.52. The van der Waals surface area contributed by atoms with Gasteiger partial charge in [0, 0.05) is 5.70 Å². The van der Waals surface area contributed by atoms with Crippen LogP contribution in [0.3, 0.4) is 0 Å². The van der Waals surface area contributed by atoms with Gasteiger partial charge in [0.05, 0.1) is 5.57 Å². The molecule has 26 heavy (non-hydrogen) atoms. The van der Waals surface area contributed by atoms with Crippen molar-refractivity contribution in [3.05, 3.63) is 71.2 Å². The maximum absolute atomic E-state index is 13.7. The summed E-state index contributed by atoms with van der Waals surface area (Å²) in [6.07, 6.45) is 0. The van der Waals surface area contributed by atoms with E-state index in [9.17, 15) is 14.3 Å². The molecule has 0 saturated heterocycles. The molecule has 3 aromatic rings. The van der Waals surface area contributed by atoms with Crippen LogP contribution in [0.15, 0.2) is 59.8 Å². The summed E-state index contributed by atoms with van der Waals surface area (Å²) in [5.74, 6) is -1.09. The Morgan fingerprint density at radius 2 is 2.04 bits per heavy atom. The van der Waals surface area contributed by atoms with Crippen molar-refractivity contribution < 1.29 is 14.3 Å². The number of anilines is 1. The largest absolute Gasteiger partial charge is 0.478 e. The van der Waals surface area contributed by atoms with E-state index in [1.165, 1.54) is 16.8 Å². The Bertz CT molecular complexity index is 1040. The molecule has 0 bridgehead atoms. The number of aliphatic carboxylic acids is 1. The Hall–Kier alpha value is -3.55. The fraction of sp³-hybridized carbons (Fsp3) is 0.111. The molecule has 1 aromatic heterocycles. The second-order valence-corrected chi connectivity index (χ2v) is 5.92. The highest BCUT2D eigenvalue weighted by molar-refractivity contribution is 5.91. The standard InChI is InChI=1S/C18H14FN5O2/c1-10-15(17(25)26)16(24-18(20-10)21-22-23-24)14-8-3-2-7-13(14)11-5-4-6-12(19)9-11/h2-9,16H,1H3,(H,25,26)(H,20,21,23). The molecule has 2 heterocycles. The summed E-state index contributed by atoms with van der Waals surface area (Å²) in [4.78, 5) is 11.9. The molecule has 4 rings (SSSR count).